The Morgan fingerprint density at radius 2 is 1.84 bits per heavy atom. The second-order valence-electron chi connectivity index (χ2n) is 5.61. The molecule has 2 fully saturated rings. The molecule has 1 aromatic carbocycles. The number of benzene rings is 1. The van der Waals surface area contributed by atoms with Gasteiger partial charge in [-0.2, -0.15) is 0 Å². The summed E-state index contributed by atoms with van der Waals surface area (Å²) in [6.45, 7) is 3.74. The first-order valence-corrected chi connectivity index (χ1v) is 7.39. The molecule has 0 bridgehead atoms. The van der Waals surface area contributed by atoms with Crippen molar-refractivity contribution in [3.63, 3.8) is 0 Å². The van der Waals surface area contributed by atoms with Crippen LogP contribution in [0.15, 0.2) is 30.3 Å². The van der Waals surface area contributed by atoms with Crippen LogP contribution in [0.25, 0.3) is 0 Å². The van der Waals surface area contributed by atoms with Crippen molar-refractivity contribution in [1.82, 2.24) is 5.32 Å². The molecule has 2 unspecified atom stereocenters. The maximum Gasteiger partial charge on any atom is 0.0853 e. The Hall–Kier alpha value is -0.900. The Kier molecular flexibility index (Phi) is 4.49. The summed E-state index contributed by atoms with van der Waals surface area (Å²) in [4.78, 5) is 0. The molecule has 1 aromatic rings. The van der Waals surface area contributed by atoms with Crippen molar-refractivity contribution in [1.29, 1.82) is 0 Å². The van der Waals surface area contributed by atoms with E-state index in [0.29, 0.717) is 12.0 Å². The van der Waals surface area contributed by atoms with E-state index in [1.54, 1.807) is 0 Å². The van der Waals surface area contributed by atoms with Crippen LogP contribution in [0.4, 0.5) is 0 Å². The average molecular weight is 261 g/mol. The van der Waals surface area contributed by atoms with Gasteiger partial charge in [-0.15, -0.1) is 0 Å². The number of nitrogens with one attached hydrogen (secondary N) is 1. The van der Waals surface area contributed by atoms with Crippen LogP contribution in [0, 0.1) is 5.92 Å². The van der Waals surface area contributed by atoms with E-state index in [4.69, 9.17) is 9.47 Å². The second-order valence-corrected chi connectivity index (χ2v) is 5.61. The van der Waals surface area contributed by atoms with Gasteiger partial charge in [-0.05, 0) is 37.4 Å². The van der Waals surface area contributed by atoms with Crippen molar-refractivity contribution in [2.45, 2.75) is 31.5 Å². The zero-order valence-corrected chi connectivity index (χ0v) is 11.4. The van der Waals surface area contributed by atoms with Crippen LogP contribution < -0.4 is 5.32 Å². The highest BCUT2D eigenvalue weighted by molar-refractivity contribution is 5.15. The van der Waals surface area contributed by atoms with Gasteiger partial charge in [-0.3, -0.25) is 0 Å². The molecule has 0 aliphatic carbocycles. The molecule has 2 aliphatic heterocycles. The molecule has 2 heterocycles. The standard InChI is InChI=1S/C16H23NO2/c1-2-4-13(5-3-1)10-15-11-18-12-16(19-15)14-6-8-17-9-7-14/h1-5,14-17H,6-12H2. The molecule has 2 atom stereocenters. The van der Waals surface area contributed by atoms with Crippen LogP contribution in [0.5, 0.6) is 0 Å². The fourth-order valence-corrected chi connectivity index (χ4v) is 3.09. The molecular weight excluding hydrogens is 238 g/mol. The van der Waals surface area contributed by atoms with Crippen LogP contribution in [0.3, 0.4) is 0 Å². The summed E-state index contributed by atoms with van der Waals surface area (Å²) in [6.07, 6.45) is 3.90. The topological polar surface area (TPSA) is 30.5 Å². The minimum absolute atomic E-state index is 0.219. The smallest absolute Gasteiger partial charge is 0.0853 e. The lowest BCUT2D eigenvalue weighted by molar-refractivity contribution is -0.158. The first-order chi connectivity index (χ1) is 9.42. The Morgan fingerprint density at radius 3 is 2.63 bits per heavy atom. The largest absolute Gasteiger partial charge is 0.376 e. The van der Waals surface area contributed by atoms with Gasteiger partial charge in [0.25, 0.3) is 0 Å². The highest BCUT2D eigenvalue weighted by atomic mass is 16.6. The van der Waals surface area contributed by atoms with Crippen LogP contribution in [0.1, 0.15) is 18.4 Å². The third-order valence-corrected chi connectivity index (χ3v) is 4.17. The second kappa shape index (κ2) is 6.51. The van der Waals surface area contributed by atoms with Crippen molar-refractivity contribution in [3.05, 3.63) is 35.9 Å². The molecule has 1 N–H and O–H groups in total. The van der Waals surface area contributed by atoms with Gasteiger partial charge in [0.05, 0.1) is 25.4 Å². The Balaban J connectivity index is 1.55. The minimum atomic E-state index is 0.219. The predicted octanol–water partition coefficient (Wildman–Crippen LogP) is 2.01. The van der Waals surface area contributed by atoms with E-state index in [9.17, 15) is 0 Å². The predicted molar refractivity (Wildman–Crippen MR) is 75.2 cm³/mol. The Labute approximate surface area is 115 Å². The monoisotopic (exact) mass is 261 g/mol. The van der Waals surface area contributed by atoms with Crippen LogP contribution >= 0.6 is 0 Å². The molecule has 2 saturated heterocycles. The van der Waals surface area contributed by atoms with Gasteiger partial charge in [-0.1, -0.05) is 30.3 Å². The summed E-state index contributed by atoms with van der Waals surface area (Å²) in [5.74, 6) is 0.667. The molecule has 0 saturated carbocycles. The fraction of sp³-hybridized carbons (Fsp3) is 0.625. The van der Waals surface area contributed by atoms with Gasteiger partial charge >= 0.3 is 0 Å². The van der Waals surface area contributed by atoms with Gasteiger partial charge in [0.15, 0.2) is 0 Å². The van der Waals surface area contributed by atoms with Gasteiger partial charge in [0.1, 0.15) is 0 Å². The molecule has 104 valence electrons. The zero-order chi connectivity index (χ0) is 12.9. The normalized spacial score (nSPS) is 29.3. The van der Waals surface area contributed by atoms with Crippen molar-refractivity contribution in [2.24, 2.45) is 5.92 Å². The molecule has 3 heteroatoms. The van der Waals surface area contributed by atoms with Gasteiger partial charge in [0.2, 0.25) is 0 Å². The number of rotatable bonds is 3. The maximum atomic E-state index is 6.28. The molecule has 0 radical (unpaired) electrons. The van der Waals surface area contributed by atoms with Crippen molar-refractivity contribution < 1.29 is 9.47 Å². The van der Waals surface area contributed by atoms with Crippen LogP contribution in [-0.2, 0) is 15.9 Å². The van der Waals surface area contributed by atoms with E-state index in [1.165, 1.54) is 18.4 Å². The summed E-state index contributed by atoms with van der Waals surface area (Å²) in [5.41, 5.74) is 1.34. The molecule has 0 amide bonds. The van der Waals surface area contributed by atoms with E-state index in [1.807, 2.05) is 0 Å². The van der Waals surface area contributed by atoms with Gasteiger partial charge < -0.3 is 14.8 Å². The lowest BCUT2D eigenvalue weighted by atomic mass is 9.91. The molecular formula is C16H23NO2. The SMILES string of the molecule is c1ccc(CC2COCC(C3CCNCC3)O2)cc1. The molecule has 0 aromatic heterocycles. The third-order valence-electron chi connectivity index (χ3n) is 4.17. The van der Waals surface area contributed by atoms with Crippen LogP contribution in [0.2, 0.25) is 0 Å². The van der Waals surface area contributed by atoms with Crippen molar-refractivity contribution in [3.8, 4) is 0 Å². The zero-order valence-electron chi connectivity index (χ0n) is 11.4. The lowest BCUT2D eigenvalue weighted by Gasteiger charge is -2.37. The quantitative estimate of drug-likeness (QED) is 0.903. The van der Waals surface area contributed by atoms with E-state index >= 15 is 0 Å². The lowest BCUT2D eigenvalue weighted by Crippen LogP contribution is -2.44. The highest BCUT2D eigenvalue weighted by Gasteiger charge is 2.30. The maximum absolute atomic E-state index is 6.28. The number of hydrogen-bond donors (Lipinski definition) is 1. The minimum Gasteiger partial charge on any atom is -0.376 e. The summed E-state index contributed by atoms with van der Waals surface area (Å²) in [6, 6.07) is 10.6. The summed E-state index contributed by atoms with van der Waals surface area (Å²) in [5, 5.41) is 3.41. The van der Waals surface area contributed by atoms with E-state index < -0.39 is 0 Å². The van der Waals surface area contributed by atoms with Gasteiger partial charge in [0, 0.05) is 6.42 Å². The summed E-state index contributed by atoms with van der Waals surface area (Å²) >= 11 is 0. The molecule has 3 rings (SSSR count). The summed E-state index contributed by atoms with van der Waals surface area (Å²) < 4.78 is 12.1. The third kappa shape index (κ3) is 3.56. The molecule has 2 aliphatic rings. The van der Waals surface area contributed by atoms with E-state index in [2.05, 4.69) is 35.6 Å². The van der Waals surface area contributed by atoms with Crippen molar-refractivity contribution >= 4 is 0 Å². The van der Waals surface area contributed by atoms with Gasteiger partial charge in [-0.25, -0.2) is 0 Å². The van der Waals surface area contributed by atoms with Crippen molar-refractivity contribution in [2.75, 3.05) is 26.3 Å². The molecule has 0 spiro atoms. The Bertz CT molecular complexity index is 376. The summed E-state index contributed by atoms with van der Waals surface area (Å²) in [7, 11) is 0. The fourth-order valence-electron chi connectivity index (χ4n) is 3.09. The number of piperidine rings is 1. The average Bonchev–Trinajstić information content (AvgIpc) is 2.49. The van der Waals surface area contributed by atoms with E-state index in [0.717, 1.165) is 32.7 Å². The highest BCUT2D eigenvalue weighted by Crippen LogP contribution is 2.24. The van der Waals surface area contributed by atoms with Crippen LogP contribution in [-0.4, -0.2) is 38.5 Å². The first kappa shape index (κ1) is 13.1. The molecule has 19 heavy (non-hydrogen) atoms. The number of hydrogen-bond acceptors (Lipinski definition) is 3. The van der Waals surface area contributed by atoms with E-state index in [-0.39, 0.29) is 6.10 Å². The molecule has 3 nitrogen and oxygen atoms in total. The Morgan fingerprint density at radius 1 is 1.05 bits per heavy atom. The first-order valence-electron chi connectivity index (χ1n) is 7.39. The number of ether oxygens (including phenoxy) is 2.